The molecule has 0 aliphatic heterocycles. The van der Waals surface area contributed by atoms with E-state index >= 15 is 0 Å². The molecule has 3 atom stereocenters. The normalized spacial score (nSPS) is 22.6. The molecular formula is C28H28N2O5. The molecule has 7 heteroatoms. The average molecular weight is 473 g/mol. The summed E-state index contributed by atoms with van der Waals surface area (Å²) in [4.78, 5) is 36.4. The fourth-order valence-electron chi connectivity index (χ4n) is 5.28. The van der Waals surface area contributed by atoms with Gasteiger partial charge in [-0.1, -0.05) is 66.8 Å². The lowest BCUT2D eigenvalue weighted by Gasteiger charge is -2.23. The molecule has 3 N–H and O–H groups in total. The number of alkyl carbamates (subject to hydrolysis) is 1. The van der Waals surface area contributed by atoms with Crippen LogP contribution in [0.15, 0.2) is 72.3 Å². The first-order valence-corrected chi connectivity index (χ1v) is 12.0. The van der Waals surface area contributed by atoms with Crippen LogP contribution in [0.2, 0.25) is 0 Å². The van der Waals surface area contributed by atoms with Crippen LogP contribution in [0.1, 0.15) is 42.7 Å². The van der Waals surface area contributed by atoms with Crippen molar-refractivity contribution < 1.29 is 24.2 Å². The fourth-order valence-corrected chi connectivity index (χ4v) is 5.28. The first kappa shape index (κ1) is 22.9. The van der Waals surface area contributed by atoms with Crippen molar-refractivity contribution in [2.75, 3.05) is 6.61 Å². The Morgan fingerprint density at radius 1 is 0.943 bits per heavy atom. The van der Waals surface area contributed by atoms with Crippen molar-refractivity contribution in [1.82, 2.24) is 10.6 Å². The SMILES string of the molecule is O=C(NC1CC=C(C(=O)NC2C=CCC(C(=O)O)C2)C1)OCC1c2ccccc2-c2ccccc21. The first-order valence-electron chi connectivity index (χ1n) is 12.0. The van der Waals surface area contributed by atoms with Gasteiger partial charge in [-0.2, -0.15) is 0 Å². The highest BCUT2D eigenvalue weighted by atomic mass is 16.5. The van der Waals surface area contributed by atoms with Gasteiger partial charge in [0.15, 0.2) is 0 Å². The van der Waals surface area contributed by atoms with E-state index in [0.717, 1.165) is 11.1 Å². The van der Waals surface area contributed by atoms with Crippen molar-refractivity contribution in [3.63, 3.8) is 0 Å². The zero-order valence-corrected chi connectivity index (χ0v) is 19.3. The first-order chi connectivity index (χ1) is 17.0. The molecular weight excluding hydrogens is 444 g/mol. The maximum absolute atomic E-state index is 12.7. The Kier molecular flexibility index (Phi) is 6.40. The monoisotopic (exact) mass is 472 g/mol. The number of benzene rings is 2. The van der Waals surface area contributed by atoms with E-state index in [0.29, 0.717) is 31.3 Å². The Bertz CT molecular complexity index is 1170. The number of carbonyl (C=O) groups excluding carboxylic acids is 2. The molecule has 2 aromatic rings. The molecule has 2 amide bonds. The Labute approximate surface area is 203 Å². The van der Waals surface area contributed by atoms with Crippen molar-refractivity contribution in [1.29, 1.82) is 0 Å². The summed E-state index contributed by atoms with van der Waals surface area (Å²) < 4.78 is 5.61. The number of carbonyl (C=O) groups is 3. The van der Waals surface area contributed by atoms with Crippen LogP contribution in [0, 0.1) is 5.92 Å². The van der Waals surface area contributed by atoms with E-state index in [1.165, 1.54) is 11.1 Å². The number of fused-ring (bicyclic) bond motifs is 3. The molecule has 3 unspecified atom stereocenters. The summed E-state index contributed by atoms with van der Waals surface area (Å²) in [5, 5.41) is 15.0. The molecule has 0 bridgehead atoms. The van der Waals surface area contributed by atoms with Crippen LogP contribution in [0.5, 0.6) is 0 Å². The number of carboxylic acid groups (broad SMARTS) is 1. The van der Waals surface area contributed by atoms with Gasteiger partial charge in [0, 0.05) is 23.6 Å². The van der Waals surface area contributed by atoms with Crippen LogP contribution in [-0.4, -0.2) is 41.8 Å². The van der Waals surface area contributed by atoms with Gasteiger partial charge >= 0.3 is 12.1 Å². The van der Waals surface area contributed by atoms with Gasteiger partial charge in [0.25, 0.3) is 0 Å². The summed E-state index contributed by atoms with van der Waals surface area (Å²) >= 11 is 0. The lowest BCUT2D eigenvalue weighted by molar-refractivity contribution is -0.142. The minimum Gasteiger partial charge on any atom is -0.481 e. The molecule has 0 saturated carbocycles. The summed E-state index contributed by atoms with van der Waals surface area (Å²) in [6.45, 7) is 0.242. The number of hydrogen-bond donors (Lipinski definition) is 3. The molecule has 0 heterocycles. The third-order valence-electron chi connectivity index (χ3n) is 7.07. The molecule has 5 rings (SSSR count). The number of allylic oxidation sites excluding steroid dienone is 1. The van der Waals surface area contributed by atoms with Crippen molar-refractivity contribution >= 4 is 18.0 Å². The maximum atomic E-state index is 12.7. The Balaban J connectivity index is 1.12. The summed E-state index contributed by atoms with van der Waals surface area (Å²) in [5.41, 5.74) is 5.26. The van der Waals surface area contributed by atoms with E-state index in [2.05, 4.69) is 34.9 Å². The van der Waals surface area contributed by atoms with E-state index in [9.17, 15) is 19.5 Å². The van der Waals surface area contributed by atoms with Crippen molar-refractivity contribution in [3.8, 4) is 11.1 Å². The zero-order chi connectivity index (χ0) is 24.4. The van der Waals surface area contributed by atoms with Gasteiger partial charge in [-0.05, 0) is 47.9 Å². The number of ether oxygens (including phenoxy) is 1. The third kappa shape index (κ3) is 4.85. The van der Waals surface area contributed by atoms with Gasteiger partial charge in [-0.15, -0.1) is 0 Å². The van der Waals surface area contributed by atoms with E-state index in [1.807, 2.05) is 36.4 Å². The highest BCUT2D eigenvalue weighted by molar-refractivity contribution is 5.94. The maximum Gasteiger partial charge on any atom is 0.407 e. The second kappa shape index (κ2) is 9.78. The molecule has 3 aliphatic carbocycles. The van der Waals surface area contributed by atoms with Crippen LogP contribution in [-0.2, 0) is 14.3 Å². The molecule has 0 radical (unpaired) electrons. The van der Waals surface area contributed by atoms with E-state index in [-0.39, 0.29) is 30.5 Å². The minimum atomic E-state index is -0.846. The molecule has 35 heavy (non-hydrogen) atoms. The van der Waals surface area contributed by atoms with Crippen molar-refractivity contribution in [3.05, 3.63) is 83.5 Å². The highest BCUT2D eigenvalue weighted by Crippen LogP contribution is 2.44. The quantitative estimate of drug-likeness (QED) is 0.548. The summed E-state index contributed by atoms with van der Waals surface area (Å²) in [5.74, 6) is -1.55. The highest BCUT2D eigenvalue weighted by Gasteiger charge is 2.31. The Morgan fingerprint density at radius 3 is 2.31 bits per heavy atom. The van der Waals surface area contributed by atoms with Crippen LogP contribution in [0.3, 0.4) is 0 Å². The van der Waals surface area contributed by atoms with Gasteiger partial charge in [0.1, 0.15) is 6.61 Å². The topological polar surface area (TPSA) is 105 Å². The van der Waals surface area contributed by atoms with Crippen LogP contribution in [0.4, 0.5) is 4.79 Å². The summed E-state index contributed by atoms with van der Waals surface area (Å²) in [6.07, 6.45) is 6.80. The fraction of sp³-hybridized carbons (Fsp3) is 0.321. The number of carboxylic acids is 1. The second-order valence-electron chi connectivity index (χ2n) is 9.35. The van der Waals surface area contributed by atoms with Gasteiger partial charge in [0.2, 0.25) is 5.91 Å². The van der Waals surface area contributed by atoms with Gasteiger partial charge < -0.3 is 20.5 Å². The van der Waals surface area contributed by atoms with E-state index < -0.39 is 18.0 Å². The summed E-state index contributed by atoms with van der Waals surface area (Å²) in [6, 6.07) is 15.9. The number of hydrogen-bond acceptors (Lipinski definition) is 4. The molecule has 0 spiro atoms. The summed E-state index contributed by atoms with van der Waals surface area (Å²) in [7, 11) is 0. The Morgan fingerprint density at radius 2 is 1.63 bits per heavy atom. The number of nitrogens with one attached hydrogen (secondary N) is 2. The van der Waals surface area contributed by atoms with Crippen molar-refractivity contribution in [2.24, 2.45) is 5.92 Å². The predicted octanol–water partition coefficient (Wildman–Crippen LogP) is 4.15. The lowest BCUT2D eigenvalue weighted by atomic mass is 9.91. The molecule has 2 aromatic carbocycles. The second-order valence-corrected chi connectivity index (χ2v) is 9.35. The van der Waals surface area contributed by atoms with Gasteiger partial charge in [-0.25, -0.2) is 4.79 Å². The molecule has 0 aromatic heterocycles. The molecule has 3 aliphatic rings. The smallest absolute Gasteiger partial charge is 0.407 e. The van der Waals surface area contributed by atoms with Crippen LogP contribution >= 0.6 is 0 Å². The number of rotatable bonds is 6. The standard InChI is InChI=1S/C28H28N2O5/c31-26(29-19-7-5-6-18(15-19)27(32)33)17-12-13-20(14-17)30-28(34)35-16-25-23-10-3-1-8-21(23)22-9-2-4-11-24(22)25/h1-5,7-12,18-20,25H,6,13-16H2,(H,29,31)(H,30,34)(H,32,33). The van der Waals surface area contributed by atoms with Crippen LogP contribution < -0.4 is 10.6 Å². The molecule has 7 nitrogen and oxygen atoms in total. The van der Waals surface area contributed by atoms with E-state index in [4.69, 9.17) is 4.74 Å². The van der Waals surface area contributed by atoms with Crippen molar-refractivity contribution in [2.45, 2.75) is 43.7 Å². The minimum absolute atomic E-state index is 0.00521. The van der Waals surface area contributed by atoms with Gasteiger partial charge in [-0.3, -0.25) is 9.59 Å². The Hall–Kier alpha value is -3.87. The zero-order valence-electron chi connectivity index (χ0n) is 19.3. The van der Waals surface area contributed by atoms with Gasteiger partial charge in [0.05, 0.1) is 5.92 Å². The molecule has 180 valence electrons. The average Bonchev–Trinajstić information content (AvgIpc) is 3.46. The van der Waals surface area contributed by atoms with Crippen LogP contribution in [0.25, 0.3) is 11.1 Å². The lowest BCUT2D eigenvalue weighted by Crippen LogP contribution is -2.39. The predicted molar refractivity (Wildman–Crippen MR) is 131 cm³/mol. The number of aliphatic carboxylic acids is 1. The molecule has 0 fully saturated rings. The largest absolute Gasteiger partial charge is 0.481 e. The van der Waals surface area contributed by atoms with E-state index in [1.54, 1.807) is 6.08 Å². The number of amides is 2. The third-order valence-corrected chi connectivity index (χ3v) is 7.07. The molecule has 0 saturated heterocycles.